The number of likely N-dealkylation sites (tertiary alicyclic amines) is 1. The van der Waals surface area contributed by atoms with Crippen molar-refractivity contribution in [3.8, 4) is 0 Å². The summed E-state index contributed by atoms with van der Waals surface area (Å²) in [5.74, 6) is 0.716. The van der Waals surface area contributed by atoms with Gasteiger partial charge in [0.1, 0.15) is 0 Å². The van der Waals surface area contributed by atoms with E-state index in [4.69, 9.17) is 0 Å². The lowest BCUT2D eigenvalue weighted by atomic mass is 10.2. The van der Waals surface area contributed by atoms with Gasteiger partial charge in [0.2, 0.25) is 0 Å². The summed E-state index contributed by atoms with van der Waals surface area (Å²) >= 11 is 0. The second-order valence-corrected chi connectivity index (χ2v) is 3.86. The van der Waals surface area contributed by atoms with Crippen LogP contribution in [0, 0.1) is 0 Å². The van der Waals surface area contributed by atoms with E-state index in [0.717, 1.165) is 6.42 Å². The Morgan fingerprint density at radius 2 is 2.36 bits per heavy atom. The number of tetrazole rings is 1. The molecule has 1 saturated heterocycles. The number of rotatable bonds is 2. The summed E-state index contributed by atoms with van der Waals surface area (Å²) in [4.78, 5) is 3.62. The smallest absolute Gasteiger partial charge is 0.188 e. The Bertz CT molecular complexity index is 312. The predicted molar refractivity (Wildman–Crippen MR) is 49.3 cm³/mol. The predicted octanol–water partition coefficient (Wildman–Crippen LogP) is -0.835. The summed E-state index contributed by atoms with van der Waals surface area (Å²) in [7, 11) is 1.75. The number of aromatic nitrogens is 4. The van der Waals surface area contributed by atoms with E-state index >= 15 is 0 Å². The molecular weight excluding hydrogens is 182 g/mol. The Balaban J connectivity index is 1.98. The molecule has 2 unspecified atom stereocenters. The molecule has 6 heteroatoms. The molecule has 1 aromatic rings. The molecule has 0 aliphatic carbocycles. The zero-order chi connectivity index (χ0) is 10.1. The van der Waals surface area contributed by atoms with Crippen molar-refractivity contribution >= 4 is 0 Å². The Hall–Kier alpha value is -1.01. The summed E-state index contributed by atoms with van der Waals surface area (Å²) in [6, 6.07) is 0.397. The lowest BCUT2D eigenvalue weighted by Crippen LogP contribution is -2.27. The van der Waals surface area contributed by atoms with Gasteiger partial charge in [-0.2, -0.15) is 4.80 Å². The van der Waals surface area contributed by atoms with Gasteiger partial charge in [-0.15, -0.1) is 10.2 Å². The zero-order valence-corrected chi connectivity index (χ0v) is 8.46. The van der Waals surface area contributed by atoms with Crippen molar-refractivity contribution in [2.45, 2.75) is 32.0 Å². The van der Waals surface area contributed by atoms with Crippen LogP contribution in [0.25, 0.3) is 0 Å². The molecule has 1 aromatic heterocycles. The van der Waals surface area contributed by atoms with Crippen molar-refractivity contribution in [3.63, 3.8) is 0 Å². The average molecular weight is 197 g/mol. The number of aliphatic hydroxyl groups is 1. The van der Waals surface area contributed by atoms with E-state index in [1.54, 1.807) is 7.05 Å². The minimum absolute atomic E-state index is 0.207. The molecule has 1 aliphatic rings. The van der Waals surface area contributed by atoms with Crippen molar-refractivity contribution in [2.75, 3.05) is 6.54 Å². The average Bonchev–Trinajstić information content (AvgIpc) is 2.61. The summed E-state index contributed by atoms with van der Waals surface area (Å²) in [6.45, 7) is 3.48. The molecule has 0 spiro atoms. The molecule has 0 radical (unpaired) electrons. The molecule has 2 heterocycles. The molecule has 1 aliphatic heterocycles. The fraction of sp³-hybridized carbons (Fsp3) is 0.875. The van der Waals surface area contributed by atoms with Crippen LogP contribution in [-0.2, 0) is 13.6 Å². The monoisotopic (exact) mass is 197 g/mol. The summed E-state index contributed by atoms with van der Waals surface area (Å²) < 4.78 is 0. The number of hydrogen-bond donors (Lipinski definition) is 1. The Labute approximate surface area is 82.5 Å². The number of aryl methyl sites for hydroxylation is 1. The quantitative estimate of drug-likeness (QED) is 0.670. The lowest BCUT2D eigenvalue weighted by Gasteiger charge is -2.17. The highest BCUT2D eigenvalue weighted by molar-refractivity contribution is 4.86. The van der Waals surface area contributed by atoms with Gasteiger partial charge in [-0.3, -0.25) is 4.90 Å². The minimum atomic E-state index is -0.207. The Kier molecular flexibility index (Phi) is 2.47. The van der Waals surface area contributed by atoms with Crippen LogP contribution in [0.15, 0.2) is 0 Å². The van der Waals surface area contributed by atoms with Crippen molar-refractivity contribution < 1.29 is 5.11 Å². The summed E-state index contributed by atoms with van der Waals surface area (Å²) in [5.41, 5.74) is 0. The lowest BCUT2D eigenvalue weighted by molar-refractivity contribution is 0.172. The third-order valence-electron chi connectivity index (χ3n) is 2.58. The van der Waals surface area contributed by atoms with E-state index in [1.807, 2.05) is 0 Å². The van der Waals surface area contributed by atoms with Gasteiger partial charge in [0.05, 0.1) is 19.7 Å². The van der Waals surface area contributed by atoms with E-state index < -0.39 is 0 Å². The Morgan fingerprint density at radius 3 is 2.86 bits per heavy atom. The molecule has 78 valence electrons. The molecule has 0 aromatic carbocycles. The maximum Gasteiger partial charge on any atom is 0.188 e. The first kappa shape index (κ1) is 9.54. The van der Waals surface area contributed by atoms with Gasteiger partial charge >= 0.3 is 0 Å². The second-order valence-electron chi connectivity index (χ2n) is 3.86. The first-order valence-electron chi connectivity index (χ1n) is 4.80. The van der Waals surface area contributed by atoms with Gasteiger partial charge in [0, 0.05) is 12.6 Å². The van der Waals surface area contributed by atoms with Gasteiger partial charge in [-0.05, 0) is 18.6 Å². The molecule has 1 N–H and O–H groups in total. The second kappa shape index (κ2) is 3.62. The van der Waals surface area contributed by atoms with E-state index in [2.05, 4.69) is 27.2 Å². The molecule has 0 saturated carbocycles. The first-order chi connectivity index (χ1) is 6.65. The normalized spacial score (nSPS) is 28.5. The maximum absolute atomic E-state index is 9.45. The van der Waals surface area contributed by atoms with Crippen LogP contribution in [0.1, 0.15) is 19.2 Å². The van der Waals surface area contributed by atoms with Gasteiger partial charge in [0.25, 0.3) is 0 Å². The fourth-order valence-corrected chi connectivity index (χ4v) is 1.86. The van der Waals surface area contributed by atoms with Crippen LogP contribution in [0.3, 0.4) is 0 Å². The van der Waals surface area contributed by atoms with Crippen molar-refractivity contribution in [1.29, 1.82) is 0 Å². The van der Waals surface area contributed by atoms with Crippen LogP contribution in [0.4, 0.5) is 0 Å². The Morgan fingerprint density at radius 1 is 1.57 bits per heavy atom. The summed E-state index contributed by atoms with van der Waals surface area (Å²) in [6.07, 6.45) is 0.627. The third kappa shape index (κ3) is 1.91. The molecule has 2 atom stereocenters. The molecule has 2 rings (SSSR count). The van der Waals surface area contributed by atoms with Gasteiger partial charge in [0.15, 0.2) is 5.82 Å². The molecule has 0 amide bonds. The highest BCUT2D eigenvalue weighted by Gasteiger charge is 2.28. The first-order valence-corrected chi connectivity index (χ1v) is 4.80. The topological polar surface area (TPSA) is 67.1 Å². The molecule has 1 fully saturated rings. The van der Waals surface area contributed by atoms with Gasteiger partial charge in [-0.1, -0.05) is 0 Å². The van der Waals surface area contributed by atoms with E-state index in [0.29, 0.717) is 25.0 Å². The number of aliphatic hydroxyl groups excluding tert-OH is 1. The van der Waals surface area contributed by atoms with Gasteiger partial charge < -0.3 is 5.11 Å². The maximum atomic E-state index is 9.45. The van der Waals surface area contributed by atoms with Crippen molar-refractivity contribution in [2.24, 2.45) is 7.05 Å². The highest BCUT2D eigenvalue weighted by atomic mass is 16.3. The van der Waals surface area contributed by atoms with Crippen LogP contribution in [-0.4, -0.2) is 48.9 Å². The standard InChI is InChI=1S/C8H15N5O/c1-6-3-7(14)4-13(6)5-8-9-11-12(2)10-8/h6-7,14H,3-5H2,1-2H3. The van der Waals surface area contributed by atoms with E-state index in [9.17, 15) is 5.11 Å². The van der Waals surface area contributed by atoms with E-state index in [-0.39, 0.29) is 6.10 Å². The number of nitrogens with zero attached hydrogens (tertiary/aromatic N) is 5. The molecular formula is C8H15N5O. The third-order valence-corrected chi connectivity index (χ3v) is 2.58. The molecule has 0 bridgehead atoms. The van der Waals surface area contributed by atoms with Crippen LogP contribution < -0.4 is 0 Å². The number of β-amino-alcohol motifs (C(OH)–C–C–N with tert-alkyl or cyclic N) is 1. The molecule has 6 nitrogen and oxygen atoms in total. The highest BCUT2D eigenvalue weighted by Crippen LogP contribution is 2.18. The summed E-state index contributed by atoms with van der Waals surface area (Å²) in [5, 5.41) is 21.2. The van der Waals surface area contributed by atoms with Crippen LogP contribution in [0.5, 0.6) is 0 Å². The van der Waals surface area contributed by atoms with Crippen molar-refractivity contribution in [3.05, 3.63) is 5.82 Å². The molecule has 14 heavy (non-hydrogen) atoms. The van der Waals surface area contributed by atoms with Crippen LogP contribution >= 0.6 is 0 Å². The fourth-order valence-electron chi connectivity index (χ4n) is 1.86. The van der Waals surface area contributed by atoms with Gasteiger partial charge in [-0.25, -0.2) is 0 Å². The number of hydrogen-bond acceptors (Lipinski definition) is 5. The largest absolute Gasteiger partial charge is 0.392 e. The van der Waals surface area contributed by atoms with Crippen LogP contribution in [0.2, 0.25) is 0 Å². The van der Waals surface area contributed by atoms with E-state index in [1.165, 1.54) is 4.80 Å². The SMILES string of the molecule is CC1CC(O)CN1Cc1nnn(C)n1. The zero-order valence-electron chi connectivity index (χ0n) is 8.46. The minimum Gasteiger partial charge on any atom is -0.392 e. The van der Waals surface area contributed by atoms with Crippen molar-refractivity contribution in [1.82, 2.24) is 25.1 Å².